The maximum atomic E-state index is 10.2. The summed E-state index contributed by atoms with van der Waals surface area (Å²) in [5, 5.41) is 6.22. The Morgan fingerprint density at radius 3 is 2.93 bits per heavy atom. The third-order valence-electron chi connectivity index (χ3n) is 2.16. The van der Waals surface area contributed by atoms with Crippen LogP contribution >= 0.6 is 11.3 Å². The van der Waals surface area contributed by atoms with Gasteiger partial charge < -0.3 is 4.57 Å². The van der Waals surface area contributed by atoms with E-state index in [-0.39, 0.29) is 0 Å². The number of nitrogens with zero attached hydrogens (tertiary/aromatic N) is 3. The number of hydrogen-bond donors (Lipinski definition) is 0. The lowest BCUT2D eigenvalue weighted by atomic mass is 10.3. The third-order valence-corrected chi connectivity index (χ3v) is 3.21. The first-order valence-electron chi connectivity index (χ1n) is 4.81. The van der Waals surface area contributed by atoms with Gasteiger partial charge in [0.1, 0.15) is 0 Å². The fourth-order valence-corrected chi connectivity index (χ4v) is 2.57. The van der Waals surface area contributed by atoms with Crippen LogP contribution in [0.15, 0.2) is 34.7 Å². The molecule has 0 N–H and O–H groups in total. The van der Waals surface area contributed by atoms with Crippen LogP contribution in [0.25, 0.3) is 10.2 Å². The van der Waals surface area contributed by atoms with Gasteiger partial charge in [-0.3, -0.25) is 0 Å². The Morgan fingerprint density at radius 1 is 1.40 bits per heavy atom. The molecule has 78 valence electrons. The van der Waals surface area contributed by atoms with E-state index in [9.17, 15) is 4.91 Å². The highest BCUT2D eigenvalue weighted by Gasteiger charge is 2.03. The number of hydrogen-bond acceptors (Lipinski definition) is 3. The van der Waals surface area contributed by atoms with Gasteiger partial charge in [0.15, 0.2) is 0 Å². The number of nitroso groups, excluding NO2 is 1. The molecule has 5 heteroatoms. The first-order valence-corrected chi connectivity index (χ1v) is 5.63. The lowest BCUT2D eigenvalue weighted by Gasteiger charge is -2.00. The van der Waals surface area contributed by atoms with E-state index in [1.54, 1.807) is 0 Å². The Morgan fingerprint density at radius 2 is 2.20 bits per heavy atom. The quantitative estimate of drug-likeness (QED) is 0.580. The van der Waals surface area contributed by atoms with E-state index >= 15 is 0 Å². The maximum Gasteiger partial charge on any atom is 0.215 e. The van der Waals surface area contributed by atoms with Crippen molar-refractivity contribution in [2.75, 3.05) is 0 Å². The van der Waals surface area contributed by atoms with Gasteiger partial charge in [-0.1, -0.05) is 35.5 Å². The van der Waals surface area contributed by atoms with E-state index in [1.165, 1.54) is 11.3 Å². The predicted octanol–water partition coefficient (Wildman–Crippen LogP) is 2.69. The number of rotatable bonds is 3. The van der Waals surface area contributed by atoms with Gasteiger partial charge in [-0.15, -0.1) is 4.91 Å². The molecule has 0 radical (unpaired) electrons. The molecule has 0 fully saturated rings. The summed E-state index contributed by atoms with van der Waals surface area (Å²) >= 11 is 1.49. The van der Waals surface area contributed by atoms with Gasteiger partial charge in [0.25, 0.3) is 0 Å². The van der Waals surface area contributed by atoms with Crippen LogP contribution < -0.4 is 4.80 Å². The first-order chi connectivity index (χ1) is 7.36. The van der Waals surface area contributed by atoms with Crippen molar-refractivity contribution >= 4 is 21.6 Å². The van der Waals surface area contributed by atoms with E-state index in [4.69, 9.17) is 0 Å². The molecule has 0 aliphatic heterocycles. The van der Waals surface area contributed by atoms with Crippen molar-refractivity contribution in [2.45, 2.75) is 19.9 Å². The van der Waals surface area contributed by atoms with Crippen molar-refractivity contribution in [2.24, 2.45) is 10.4 Å². The molecule has 1 aromatic carbocycles. The van der Waals surface area contributed by atoms with Crippen LogP contribution in [0, 0.1) is 4.91 Å². The van der Waals surface area contributed by atoms with E-state index in [1.807, 2.05) is 28.8 Å². The van der Waals surface area contributed by atoms with Crippen LogP contribution in [-0.4, -0.2) is 4.57 Å². The zero-order valence-corrected chi connectivity index (χ0v) is 9.20. The highest BCUT2D eigenvalue weighted by Crippen LogP contribution is 2.16. The van der Waals surface area contributed by atoms with Gasteiger partial charge in [0.05, 0.1) is 15.5 Å². The average Bonchev–Trinajstić information content (AvgIpc) is 2.59. The molecule has 0 aliphatic rings. The summed E-state index contributed by atoms with van der Waals surface area (Å²) in [6, 6.07) is 8.02. The zero-order valence-electron chi connectivity index (χ0n) is 8.38. The smallest absolute Gasteiger partial charge is 0.215 e. The molecule has 0 saturated carbocycles. The fraction of sp³-hybridized carbons (Fsp3) is 0.300. The highest BCUT2D eigenvalue weighted by atomic mass is 32.1. The maximum absolute atomic E-state index is 10.2. The molecule has 0 aliphatic carbocycles. The van der Waals surface area contributed by atoms with Gasteiger partial charge >= 0.3 is 0 Å². The largest absolute Gasteiger partial charge is 0.315 e. The van der Waals surface area contributed by atoms with E-state index in [2.05, 4.69) is 17.3 Å². The summed E-state index contributed by atoms with van der Waals surface area (Å²) in [4.78, 5) is 10.9. The Bertz CT molecular complexity index is 541. The molecule has 1 aromatic heterocycles. The molecule has 0 saturated heterocycles. The van der Waals surface area contributed by atoms with Crippen LogP contribution in [0.1, 0.15) is 13.3 Å². The van der Waals surface area contributed by atoms with Crippen molar-refractivity contribution in [3.8, 4) is 0 Å². The summed E-state index contributed by atoms with van der Waals surface area (Å²) in [5.41, 5.74) is 1.12. The van der Waals surface area contributed by atoms with Crippen molar-refractivity contribution in [1.29, 1.82) is 0 Å². The Kier molecular flexibility index (Phi) is 2.91. The van der Waals surface area contributed by atoms with Crippen molar-refractivity contribution < 1.29 is 0 Å². The van der Waals surface area contributed by atoms with Gasteiger partial charge in [0.2, 0.25) is 4.80 Å². The molecule has 0 atom stereocenters. The standard InChI is InChI=1S/C10H11N3OS/c1-2-7-13-8-5-3-4-6-9(8)15-10(13)11-12-14/h3-6H,2,7H2,1H3. The minimum Gasteiger partial charge on any atom is -0.315 e. The van der Waals surface area contributed by atoms with Gasteiger partial charge in [-0.2, -0.15) is 0 Å². The number of para-hydroxylation sites is 1. The van der Waals surface area contributed by atoms with Crippen LogP contribution in [0.5, 0.6) is 0 Å². The topological polar surface area (TPSA) is 46.7 Å². The summed E-state index contributed by atoms with van der Waals surface area (Å²) in [5.74, 6) is 0. The van der Waals surface area contributed by atoms with Gasteiger partial charge in [0, 0.05) is 6.54 Å². The molecular weight excluding hydrogens is 210 g/mol. The molecule has 4 nitrogen and oxygen atoms in total. The minimum absolute atomic E-state index is 0.674. The van der Waals surface area contributed by atoms with Crippen LogP contribution in [-0.2, 0) is 6.54 Å². The number of thiazole rings is 1. The van der Waals surface area contributed by atoms with E-state index < -0.39 is 0 Å². The molecule has 0 unspecified atom stereocenters. The SMILES string of the molecule is CCCn1c(=NN=O)sc2ccccc21. The summed E-state index contributed by atoms with van der Waals surface area (Å²) in [7, 11) is 0. The minimum atomic E-state index is 0.674. The average molecular weight is 221 g/mol. The molecule has 15 heavy (non-hydrogen) atoms. The molecule has 1 heterocycles. The van der Waals surface area contributed by atoms with Crippen molar-refractivity contribution in [3.05, 3.63) is 34.0 Å². The molecule has 2 rings (SSSR count). The summed E-state index contributed by atoms with van der Waals surface area (Å²) in [6.07, 6.45) is 1.01. The van der Waals surface area contributed by atoms with Gasteiger partial charge in [-0.05, 0) is 18.6 Å². The second-order valence-electron chi connectivity index (χ2n) is 3.19. The second-order valence-corrected chi connectivity index (χ2v) is 4.19. The van der Waals surface area contributed by atoms with Crippen molar-refractivity contribution in [3.63, 3.8) is 0 Å². The highest BCUT2D eigenvalue weighted by molar-refractivity contribution is 7.16. The fourth-order valence-electron chi connectivity index (χ4n) is 1.57. The third kappa shape index (κ3) is 1.83. The first kappa shape index (κ1) is 10.0. The molecule has 0 bridgehead atoms. The van der Waals surface area contributed by atoms with Crippen LogP contribution in [0.2, 0.25) is 0 Å². The molecule has 0 amide bonds. The summed E-state index contributed by atoms with van der Waals surface area (Å²) in [6.45, 7) is 2.95. The number of aryl methyl sites for hydroxylation is 1. The van der Waals surface area contributed by atoms with E-state index in [0.717, 1.165) is 23.2 Å². The lowest BCUT2D eigenvalue weighted by molar-refractivity contribution is 0.677. The second kappa shape index (κ2) is 4.35. The van der Waals surface area contributed by atoms with Crippen LogP contribution in [0.3, 0.4) is 0 Å². The lowest BCUT2D eigenvalue weighted by Crippen LogP contribution is -2.13. The predicted molar refractivity (Wildman–Crippen MR) is 61.5 cm³/mol. The Hall–Kier alpha value is -1.49. The molecular formula is C10H11N3OS. The van der Waals surface area contributed by atoms with E-state index in [0.29, 0.717) is 4.80 Å². The number of benzene rings is 1. The van der Waals surface area contributed by atoms with Crippen molar-refractivity contribution in [1.82, 2.24) is 4.57 Å². The zero-order chi connectivity index (χ0) is 10.7. The molecule has 0 spiro atoms. The Balaban J connectivity index is 2.74. The Labute approximate surface area is 90.8 Å². The van der Waals surface area contributed by atoms with Gasteiger partial charge in [-0.25, -0.2) is 0 Å². The molecule has 2 aromatic rings. The van der Waals surface area contributed by atoms with Crippen LogP contribution in [0.4, 0.5) is 0 Å². The summed E-state index contributed by atoms with van der Waals surface area (Å²) < 4.78 is 3.16. The number of fused-ring (bicyclic) bond motifs is 1. The number of aromatic nitrogens is 1. The monoisotopic (exact) mass is 221 g/mol. The normalized spacial score (nSPS) is 12.2.